The lowest BCUT2D eigenvalue weighted by Gasteiger charge is -2.34. The zero-order chi connectivity index (χ0) is 11.7. The molecule has 2 rings (SSSR count). The van der Waals surface area contributed by atoms with Crippen molar-refractivity contribution < 1.29 is 14.6 Å². The highest BCUT2D eigenvalue weighted by Gasteiger charge is 2.37. The second-order valence-corrected chi connectivity index (χ2v) is 5.34. The maximum atomic E-state index is 11.8. The molecule has 1 aliphatic heterocycles. The minimum atomic E-state index is -0.279. The molecule has 1 heterocycles. The summed E-state index contributed by atoms with van der Waals surface area (Å²) in [6.07, 6.45) is 4.51. The Labute approximate surface area is 96.5 Å². The molecule has 0 amide bonds. The lowest BCUT2D eigenvalue weighted by molar-refractivity contribution is -0.151. The maximum absolute atomic E-state index is 11.8. The number of fused-ring (bicyclic) bond motifs is 1. The van der Waals surface area contributed by atoms with Gasteiger partial charge in [0.2, 0.25) is 0 Å². The Morgan fingerprint density at radius 3 is 2.94 bits per heavy atom. The molecule has 1 aliphatic carbocycles. The number of carbonyl (C=O) groups is 1. The summed E-state index contributed by atoms with van der Waals surface area (Å²) in [4.78, 5) is 11.8. The van der Waals surface area contributed by atoms with Crippen molar-refractivity contribution in [1.29, 1.82) is 0 Å². The minimum absolute atomic E-state index is 0.0483. The van der Waals surface area contributed by atoms with Gasteiger partial charge in [-0.15, -0.1) is 0 Å². The van der Waals surface area contributed by atoms with E-state index in [-0.39, 0.29) is 23.8 Å². The summed E-state index contributed by atoms with van der Waals surface area (Å²) < 4.78 is 5.38. The van der Waals surface area contributed by atoms with Gasteiger partial charge < -0.3 is 9.84 Å². The Balaban J connectivity index is 2.11. The van der Waals surface area contributed by atoms with Gasteiger partial charge in [0.25, 0.3) is 0 Å². The van der Waals surface area contributed by atoms with Crippen LogP contribution in [0.25, 0.3) is 0 Å². The summed E-state index contributed by atoms with van der Waals surface area (Å²) in [6.45, 7) is 4.27. The molecule has 2 atom stereocenters. The van der Waals surface area contributed by atoms with E-state index >= 15 is 0 Å². The first-order chi connectivity index (χ1) is 7.58. The average Bonchev–Trinajstić information content (AvgIpc) is 2.15. The van der Waals surface area contributed by atoms with Gasteiger partial charge in [0.15, 0.2) is 0 Å². The molecule has 3 nitrogen and oxygen atoms in total. The molecule has 0 aromatic carbocycles. The molecule has 1 fully saturated rings. The first-order valence-corrected chi connectivity index (χ1v) is 6.21. The fraction of sp³-hybridized carbons (Fsp3) is 0.769. The van der Waals surface area contributed by atoms with Crippen LogP contribution in [0.1, 0.15) is 46.0 Å². The van der Waals surface area contributed by atoms with Gasteiger partial charge in [-0.1, -0.05) is 13.8 Å². The topological polar surface area (TPSA) is 46.5 Å². The van der Waals surface area contributed by atoms with E-state index in [1.165, 1.54) is 0 Å². The predicted octanol–water partition coefficient (Wildman–Crippen LogP) is 2.96. The largest absolute Gasteiger partial charge is 0.512 e. The third kappa shape index (κ3) is 2.23. The van der Waals surface area contributed by atoms with Gasteiger partial charge >= 0.3 is 5.97 Å². The molecule has 16 heavy (non-hydrogen) atoms. The quantitative estimate of drug-likeness (QED) is 0.733. The van der Waals surface area contributed by atoms with Crippen LogP contribution in [0, 0.1) is 11.8 Å². The van der Waals surface area contributed by atoms with Crippen molar-refractivity contribution in [1.82, 2.24) is 0 Å². The van der Waals surface area contributed by atoms with E-state index < -0.39 is 0 Å². The Hall–Kier alpha value is -0.990. The molecule has 0 aromatic heterocycles. The second kappa shape index (κ2) is 4.48. The van der Waals surface area contributed by atoms with E-state index in [4.69, 9.17) is 4.74 Å². The first kappa shape index (κ1) is 11.5. The van der Waals surface area contributed by atoms with Crippen LogP contribution in [0.15, 0.2) is 11.3 Å². The average molecular weight is 224 g/mol. The highest BCUT2D eigenvalue weighted by atomic mass is 16.5. The van der Waals surface area contributed by atoms with Crippen molar-refractivity contribution in [2.45, 2.75) is 52.1 Å². The Bertz CT molecular complexity index is 317. The minimum Gasteiger partial charge on any atom is -0.512 e. The van der Waals surface area contributed by atoms with Gasteiger partial charge in [0, 0.05) is 6.42 Å². The molecule has 1 N–H and O–H groups in total. The second-order valence-electron chi connectivity index (χ2n) is 5.34. The molecule has 0 saturated carbocycles. The molecule has 1 saturated heterocycles. The molecule has 0 unspecified atom stereocenters. The van der Waals surface area contributed by atoms with Crippen molar-refractivity contribution in [3.63, 3.8) is 0 Å². The van der Waals surface area contributed by atoms with Crippen LogP contribution in [0.4, 0.5) is 0 Å². The van der Waals surface area contributed by atoms with E-state index in [0.717, 1.165) is 25.7 Å². The highest BCUT2D eigenvalue weighted by Crippen LogP contribution is 2.38. The van der Waals surface area contributed by atoms with E-state index in [0.29, 0.717) is 17.9 Å². The summed E-state index contributed by atoms with van der Waals surface area (Å²) >= 11 is 0. The van der Waals surface area contributed by atoms with Crippen LogP contribution in [0.2, 0.25) is 0 Å². The predicted molar refractivity (Wildman–Crippen MR) is 60.9 cm³/mol. The molecule has 90 valence electrons. The molecule has 2 aliphatic rings. The molecule has 3 heteroatoms. The Kier molecular flexibility index (Phi) is 3.22. The zero-order valence-electron chi connectivity index (χ0n) is 10.0. The number of rotatable bonds is 2. The number of ether oxygens (including phenoxy) is 1. The van der Waals surface area contributed by atoms with Gasteiger partial charge in [0.05, 0.1) is 5.57 Å². The normalized spacial score (nSPS) is 30.3. The standard InChI is InChI=1S/C13H20O3/c1-8(2)6-10-7-9-4-3-5-11(14)12(9)13(15)16-10/h8-10,14H,3-7H2,1-2H3/t9-,10+/m1/s1. The number of esters is 1. The summed E-state index contributed by atoms with van der Waals surface area (Å²) in [5, 5.41) is 9.72. The first-order valence-electron chi connectivity index (χ1n) is 6.21. The lowest BCUT2D eigenvalue weighted by atomic mass is 9.80. The van der Waals surface area contributed by atoms with Crippen molar-refractivity contribution in [3.8, 4) is 0 Å². The zero-order valence-corrected chi connectivity index (χ0v) is 10.0. The van der Waals surface area contributed by atoms with Crippen LogP contribution in [0.5, 0.6) is 0 Å². The fourth-order valence-electron chi connectivity index (χ4n) is 2.80. The van der Waals surface area contributed by atoms with Crippen LogP contribution >= 0.6 is 0 Å². The smallest absolute Gasteiger partial charge is 0.337 e. The van der Waals surface area contributed by atoms with Crippen molar-refractivity contribution in [3.05, 3.63) is 11.3 Å². The van der Waals surface area contributed by atoms with Gasteiger partial charge in [-0.05, 0) is 37.5 Å². The van der Waals surface area contributed by atoms with E-state index in [2.05, 4.69) is 13.8 Å². The van der Waals surface area contributed by atoms with Crippen LogP contribution in [-0.2, 0) is 9.53 Å². The summed E-state index contributed by atoms with van der Waals surface area (Å²) in [6, 6.07) is 0. The number of carbonyl (C=O) groups excluding carboxylic acids is 1. The summed E-state index contributed by atoms with van der Waals surface area (Å²) in [5.41, 5.74) is 0.561. The monoisotopic (exact) mass is 224 g/mol. The van der Waals surface area contributed by atoms with Gasteiger partial charge in [-0.25, -0.2) is 4.79 Å². The number of hydrogen-bond donors (Lipinski definition) is 1. The number of hydrogen-bond acceptors (Lipinski definition) is 3. The van der Waals surface area contributed by atoms with Crippen molar-refractivity contribution in [2.24, 2.45) is 11.8 Å². The summed E-state index contributed by atoms with van der Waals surface area (Å²) in [5.74, 6) is 0.766. The van der Waals surface area contributed by atoms with E-state index in [9.17, 15) is 9.90 Å². The van der Waals surface area contributed by atoms with Crippen molar-refractivity contribution in [2.75, 3.05) is 0 Å². The Morgan fingerprint density at radius 2 is 2.25 bits per heavy atom. The SMILES string of the molecule is CC(C)C[C@H]1C[C@H]2CCCC(O)=C2C(=O)O1. The van der Waals surface area contributed by atoms with Crippen LogP contribution in [0.3, 0.4) is 0 Å². The van der Waals surface area contributed by atoms with E-state index in [1.54, 1.807) is 0 Å². The van der Waals surface area contributed by atoms with Gasteiger partial charge in [-0.2, -0.15) is 0 Å². The van der Waals surface area contributed by atoms with Crippen molar-refractivity contribution >= 4 is 5.97 Å². The van der Waals surface area contributed by atoms with Crippen LogP contribution in [-0.4, -0.2) is 17.2 Å². The number of aliphatic hydroxyl groups excluding tert-OH is 1. The Morgan fingerprint density at radius 1 is 1.50 bits per heavy atom. The summed E-state index contributed by atoms with van der Waals surface area (Å²) in [7, 11) is 0. The van der Waals surface area contributed by atoms with Crippen LogP contribution < -0.4 is 0 Å². The lowest BCUT2D eigenvalue weighted by Crippen LogP contribution is -2.35. The molecule has 0 spiro atoms. The third-order valence-corrected chi connectivity index (χ3v) is 3.46. The highest BCUT2D eigenvalue weighted by molar-refractivity contribution is 5.90. The van der Waals surface area contributed by atoms with Gasteiger partial charge in [-0.3, -0.25) is 0 Å². The number of aliphatic hydroxyl groups is 1. The molecule has 0 radical (unpaired) electrons. The molecule has 0 aromatic rings. The molecule has 0 bridgehead atoms. The van der Waals surface area contributed by atoms with Gasteiger partial charge in [0.1, 0.15) is 11.9 Å². The third-order valence-electron chi connectivity index (χ3n) is 3.46. The molecular weight excluding hydrogens is 204 g/mol. The number of cyclic esters (lactones) is 1. The molecular formula is C13H20O3. The number of allylic oxidation sites excluding steroid dienone is 1. The van der Waals surface area contributed by atoms with E-state index in [1.807, 2.05) is 0 Å². The maximum Gasteiger partial charge on any atom is 0.337 e. The fourth-order valence-corrected chi connectivity index (χ4v) is 2.80.